The standard InChI is InChI=1S/C16H21N3/c1-3-5-14-11-16-17-9-8-15(19(16)18-14)13-7-4-6-12(2)10-13/h4,6-7,10-11,15,17H,3,5,8-9H2,1-2H3. The maximum atomic E-state index is 4.78. The van der Waals surface area contributed by atoms with Crippen molar-refractivity contribution in [3.8, 4) is 0 Å². The summed E-state index contributed by atoms with van der Waals surface area (Å²) in [7, 11) is 0. The van der Waals surface area contributed by atoms with E-state index in [2.05, 4.69) is 54.2 Å². The number of aromatic nitrogens is 2. The van der Waals surface area contributed by atoms with Gasteiger partial charge in [-0.3, -0.25) is 0 Å². The first-order valence-corrected chi connectivity index (χ1v) is 7.17. The van der Waals surface area contributed by atoms with Crippen molar-refractivity contribution >= 4 is 5.82 Å². The van der Waals surface area contributed by atoms with Gasteiger partial charge in [-0.15, -0.1) is 0 Å². The first-order chi connectivity index (χ1) is 9.28. The van der Waals surface area contributed by atoms with Gasteiger partial charge in [0.15, 0.2) is 0 Å². The summed E-state index contributed by atoms with van der Waals surface area (Å²) in [5, 5.41) is 8.24. The maximum absolute atomic E-state index is 4.78. The predicted octanol–water partition coefficient (Wildman–Crippen LogP) is 3.55. The largest absolute Gasteiger partial charge is 0.370 e. The zero-order valence-corrected chi connectivity index (χ0v) is 11.7. The Balaban J connectivity index is 1.97. The SMILES string of the molecule is CCCc1cc2n(n1)C(c1cccc(C)c1)CCN2. The molecule has 3 heteroatoms. The number of hydrogen-bond acceptors (Lipinski definition) is 2. The van der Waals surface area contributed by atoms with Gasteiger partial charge in [-0.05, 0) is 25.3 Å². The lowest BCUT2D eigenvalue weighted by molar-refractivity contribution is 0.477. The van der Waals surface area contributed by atoms with Crippen LogP contribution in [0.3, 0.4) is 0 Å². The summed E-state index contributed by atoms with van der Waals surface area (Å²) >= 11 is 0. The highest BCUT2D eigenvalue weighted by Gasteiger charge is 2.22. The quantitative estimate of drug-likeness (QED) is 0.909. The molecular formula is C16H21N3. The van der Waals surface area contributed by atoms with Crippen molar-refractivity contribution < 1.29 is 0 Å². The molecule has 0 saturated carbocycles. The minimum atomic E-state index is 0.377. The summed E-state index contributed by atoms with van der Waals surface area (Å²) in [6.45, 7) is 5.37. The molecule has 100 valence electrons. The number of aryl methyl sites for hydroxylation is 2. The van der Waals surface area contributed by atoms with Crippen LogP contribution in [0.15, 0.2) is 30.3 Å². The van der Waals surface area contributed by atoms with Crippen LogP contribution in [0.1, 0.15) is 42.6 Å². The fourth-order valence-corrected chi connectivity index (χ4v) is 2.84. The molecule has 0 amide bonds. The molecule has 0 aliphatic carbocycles. The Bertz CT molecular complexity index is 571. The number of fused-ring (bicyclic) bond motifs is 1. The summed E-state index contributed by atoms with van der Waals surface area (Å²) in [5.41, 5.74) is 3.89. The van der Waals surface area contributed by atoms with E-state index in [1.165, 1.54) is 22.6 Å². The van der Waals surface area contributed by atoms with Gasteiger partial charge in [0.05, 0.1) is 11.7 Å². The topological polar surface area (TPSA) is 29.9 Å². The Morgan fingerprint density at radius 2 is 2.26 bits per heavy atom. The molecule has 0 saturated heterocycles. The number of benzene rings is 1. The van der Waals surface area contributed by atoms with Crippen LogP contribution in [0.5, 0.6) is 0 Å². The minimum Gasteiger partial charge on any atom is -0.370 e. The van der Waals surface area contributed by atoms with Crippen molar-refractivity contribution in [3.05, 3.63) is 47.2 Å². The van der Waals surface area contributed by atoms with Crippen LogP contribution >= 0.6 is 0 Å². The molecule has 1 aromatic carbocycles. The highest BCUT2D eigenvalue weighted by Crippen LogP contribution is 2.30. The Morgan fingerprint density at radius 3 is 3.05 bits per heavy atom. The highest BCUT2D eigenvalue weighted by molar-refractivity contribution is 5.41. The van der Waals surface area contributed by atoms with E-state index in [4.69, 9.17) is 5.10 Å². The van der Waals surface area contributed by atoms with Gasteiger partial charge in [0.25, 0.3) is 0 Å². The van der Waals surface area contributed by atoms with Crippen LogP contribution in [0.25, 0.3) is 0 Å². The smallest absolute Gasteiger partial charge is 0.125 e. The fourth-order valence-electron chi connectivity index (χ4n) is 2.84. The molecule has 2 aromatic rings. The second kappa shape index (κ2) is 5.08. The second-order valence-electron chi connectivity index (χ2n) is 5.36. The first-order valence-electron chi connectivity index (χ1n) is 7.17. The summed E-state index contributed by atoms with van der Waals surface area (Å²) in [6, 6.07) is 11.4. The molecule has 1 N–H and O–H groups in total. The van der Waals surface area contributed by atoms with Gasteiger partial charge in [-0.25, -0.2) is 4.68 Å². The molecule has 0 spiro atoms. The summed E-state index contributed by atoms with van der Waals surface area (Å²) in [5.74, 6) is 1.17. The zero-order chi connectivity index (χ0) is 13.2. The average Bonchev–Trinajstić information content (AvgIpc) is 2.81. The fraction of sp³-hybridized carbons (Fsp3) is 0.438. The number of rotatable bonds is 3. The van der Waals surface area contributed by atoms with Crippen molar-refractivity contribution in [3.63, 3.8) is 0 Å². The van der Waals surface area contributed by atoms with Crippen LogP contribution < -0.4 is 5.32 Å². The van der Waals surface area contributed by atoms with Gasteiger partial charge in [-0.1, -0.05) is 43.2 Å². The van der Waals surface area contributed by atoms with Gasteiger partial charge < -0.3 is 5.32 Å². The third-order valence-electron chi connectivity index (χ3n) is 3.74. The number of hydrogen-bond donors (Lipinski definition) is 1. The molecule has 1 unspecified atom stereocenters. The van der Waals surface area contributed by atoms with E-state index in [9.17, 15) is 0 Å². The molecule has 1 aromatic heterocycles. The Kier molecular flexibility index (Phi) is 3.28. The van der Waals surface area contributed by atoms with E-state index >= 15 is 0 Å². The van der Waals surface area contributed by atoms with Gasteiger partial charge >= 0.3 is 0 Å². The average molecular weight is 255 g/mol. The van der Waals surface area contributed by atoms with Crippen LogP contribution in [-0.4, -0.2) is 16.3 Å². The summed E-state index contributed by atoms with van der Waals surface area (Å²) < 4.78 is 2.17. The van der Waals surface area contributed by atoms with Crippen molar-refractivity contribution in [2.45, 2.75) is 39.2 Å². The van der Waals surface area contributed by atoms with E-state index in [-0.39, 0.29) is 0 Å². The molecule has 0 radical (unpaired) electrons. The lowest BCUT2D eigenvalue weighted by atomic mass is 10.0. The van der Waals surface area contributed by atoms with E-state index in [1.807, 2.05) is 0 Å². The molecule has 0 bridgehead atoms. The Morgan fingerprint density at radius 1 is 1.37 bits per heavy atom. The molecule has 3 nitrogen and oxygen atoms in total. The summed E-state index contributed by atoms with van der Waals surface area (Å²) in [4.78, 5) is 0. The monoisotopic (exact) mass is 255 g/mol. The first kappa shape index (κ1) is 12.3. The maximum Gasteiger partial charge on any atom is 0.125 e. The van der Waals surface area contributed by atoms with Crippen LogP contribution in [-0.2, 0) is 6.42 Å². The predicted molar refractivity (Wildman–Crippen MR) is 78.6 cm³/mol. The molecule has 1 atom stereocenters. The summed E-state index contributed by atoms with van der Waals surface area (Å²) in [6.07, 6.45) is 3.30. The lowest BCUT2D eigenvalue weighted by Crippen LogP contribution is -2.24. The lowest BCUT2D eigenvalue weighted by Gasteiger charge is -2.26. The normalized spacial score (nSPS) is 17.9. The van der Waals surface area contributed by atoms with Crippen LogP contribution in [0, 0.1) is 6.92 Å². The zero-order valence-electron chi connectivity index (χ0n) is 11.7. The van der Waals surface area contributed by atoms with E-state index in [0.29, 0.717) is 6.04 Å². The molecule has 2 heterocycles. The Hall–Kier alpha value is -1.77. The van der Waals surface area contributed by atoms with Crippen molar-refractivity contribution in [2.24, 2.45) is 0 Å². The molecule has 3 rings (SSSR count). The molecule has 0 fully saturated rings. The number of nitrogens with one attached hydrogen (secondary N) is 1. The van der Waals surface area contributed by atoms with Gasteiger partial charge in [0, 0.05) is 12.6 Å². The van der Waals surface area contributed by atoms with Crippen molar-refractivity contribution in [1.29, 1.82) is 0 Å². The van der Waals surface area contributed by atoms with Gasteiger partial charge in [0.1, 0.15) is 5.82 Å². The minimum absolute atomic E-state index is 0.377. The highest BCUT2D eigenvalue weighted by atomic mass is 15.4. The molecule has 1 aliphatic heterocycles. The second-order valence-corrected chi connectivity index (χ2v) is 5.36. The van der Waals surface area contributed by atoms with Crippen LogP contribution in [0.4, 0.5) is 5.82 Å². The van der Waals surface area contributed by atoms with Crippen molar-refractivity contribution in [2.75, 3.05) is 11.9 Å². The number of anilines is 1. The third-order valence-corrected chi connectivity index (χ3v) is 3.74. The Labute approximate surface area is 114 Å². The molecule has 19 heavy (non-hydrogen) atoms. The molecular weight excluding hydrogens is 234 g/mol. The van der Waals surface area contributed by atoms with E-state index < -0.39 is 0 Å². The van der Waals surface area contributed by atoms with E-state index in [1.54, 1.807) is 0 Å². The van der Waals surface area contributed by atoms with Gasteiger partial charge in [-0.2, -0.15) is 5.10 Å². The van der Waals surface area contributed by atoms with E-state index in [0.717, 1.165) is 25.8 Å². The van der Waals surface area contributed by atoms with Gasteiger partial charge in [0.2, 0.25) is 0 Å². The van der Waals surface area contributed by atoms with Crippen LogP contribution in [0.2, 0.25) is 0 Å². The third kappa shape index (κ3) is 2.37. The number of nitrogens with zero attached hydrogens (tertiary/aromatic N) is 2. The molecule has 1 aliphatic rings. The van der Waals surface area contributed by atoms with Crippen molar-refractivity contribution in [1.82, 2.24) is 9.78 Å².